The van der Waals surface area contributed by atoms with Gasteiger partial charge in [-0.15, -0.1) is 11.3 Å². The van der Waals surface area contributed by atoms with E-state index in [1.165, 1.54) is 16.9 Å². The van der Waals surface area contributed by atoms with Crippen molar-refractivity contribution >= 4 is 33.8 Å². The van der Waals surface area contributed by atoms with Crippen LogP contribution in [0, 0.1) is 0 Å². The number of hydrogen-bond acceptors (Lipinski definition) is 3. The summed E-state index contributed by atoms with van der Waals surface area (Å²) < 4.78 is 0. The molecule has 0 saturated carbocycles. The van der Waals surface area contributed by atoms with Gasteiger partial charge in [-0.05, 0) is 30.6 Å². The van der Waals surface area contributed by atoms with Crippen molar-refractivity contribution < 1.29 is 0 Å². The number of benzene rings is 1. The van der Waals surface area contributed by atoms with Gasteiger partial charge in [-0.3, -0.25) is 0 Å². The van der Waals surface area contributed by atoms with E-state index >= 15 is 0 Å². The molecule has 2 rings (SSSR count). The third-order valence-corrected chi connectivity index (χ3v) is 3.20. The van der Waals surface area contributed by atoms with Crippen LogP contribution >= 0.6 is 23.6 Å². The molecule has 3 N–H and O–H groups in total. The normalized spacial score (nSPS) is 10.1. The Morgan fingerprint density at radius 1 is 1.29 bits per heavy atom. The molecule has 0 amide bonds. The highest BCUT2D eigenvalue weighted by molar-refractivity contribution is 7.80. The van der Waals surface area contributed by atoms with Crippen molar-refractivity contribution in [3.63, 3.8) is 0 Å². The Morgan fingerprint density at radius 3 is 2.76 bits per heavy atom. The van der Waals surface area contributed by atoms with Crippen LogP contribution in [-0.2, 0) is 12.8 Å². The van der Waals surface area contributed by atoms with E-state index in [0.717, 1.165) is 23.7 Å². The zero-order valence-corrected chi connectivity index (χ0v) is 10.9. The lowest BCUT2D eigenvalue weighted by molar-refractivity contribution is 0.927. The van der Waals surface area contributed by atoms with Crippen LogP contribution in [0.1, 0.15) is 11.3 Å². The standard InChI is InChI=1S/C12H13N3S2/c13-11(16)15-12-14-10(8-17-12)7-6-9-4-2-1-3-5-9/h1-5,8H,6-7H2,(H3,13,14,15,16). The summed E-state index contributed by atoms with van der Waals surface area (Å²) in [6.07, 6.45) is 1.93. The van der Waals surface area contributed by atoms with Crippen molar-refractivity contribution in [1.82, 2.24) is 4.98 Å². The van der Waals surface area contributed by atoms with Crippen LogP contribution in [0.25, 0.3) is 0 Å². The van der Waals surface area contributed by atoms with Gasteiger partial charge in [0.2, 0.25) is 0 Å². The monoisotopic (exact) mass is 263 g/mol. The van der Waals surface area contributed by atoms with E-state index in [1.54, 1.807) is 0 Å². The van der Waals surface area contributed by atoms with Crippen molar-refractivity contribution in [1.29, 1.82) is 0 Å². The Labute approximate surface area is 110 Å². The maximum atomic E-state index is 5.39. The number of thiazole rings is 1. The summed E-state index contributed by atoms with van der Waals surface area (Å²) in [4.78, 5) is 4.41. The van der Waals surface area contributed by atoms with Gasteiger partial charge in [0.05, 0.1) is 5.69 Å². The molecular formula is C12H13N3S2. The van der Waals surface area contributed by atoms with Crippen LogP contribution in [-0.4, -0.2) is 10.1 Å². The Morgan fingerprint density at radius 2 is 2.06 bits per heavy atom. The second kappa shape index (κ2) is 5.75. The molecule has 0 aliphatic carbocycles. The molecule has 0 aliphatic rings. The van der Waals surface area contributed by atoms with Crippen molar-refractivity contribution in [2.75, 3.05) is 5.32 Å². The molecule has 1 heterocycles. The molecule has 0 atom stereocenters. The van der Waals surface area contributed by atoms with Gasteiger partial charge in [0.15, 0.2) is 10.2 Å². The first-order valence-corrected chi connectivity index (χ1v) is 6.57. The number of hydrogen-bond donors (Lipinski definition) is 2. The predicted octanol–water partition coefficient (Wildman–Crippen LogP) is 2.58. The maximum Gasteiger partial charge on any atom is 0.189 e. The van der Waals surface area contributed by atoms with Crippen molar-refractivity contribution in [2.45, 2.75) is 12.8 Å². The number of aromatic nitrogens is 1. The van der Waals surface area contributed by atoms with Crippen molar-refractivity contribution in [2.24, 2.45) is 5.73 Å². The van der Waals surface area contributed by atoms with Crippen LogP contribution in [0.4, 0.5) is 5.13 Å². The lowest BCUT2D eigenvalue weighted by Gasteiger charge is -1.99. The quantitative estimate of drug-likeness (QED) is 0.833. The third kappa shape index (κ3) is 3.80. The van der Waals surface area contributed by atoms with E-state index in [-0.39, 0.29) is 5.11 Å². The molecule has 5 heteroatoms. The number of nitrogens with two attached hydrogens (primary N) is 1. The molecule has 2 aromatic rings. The SMILES string of the molecule is NC(=S)Nc1nc(CCc2ccccc2)cs1. The average Bonchev–Trinajstić information content (AvgIpc) is 2.75. The van der Waals surface area contributed by atoms with Crippen LogP contribution in [0.3, 0.4) is 0 Å². The molecule has 0 unspecified atom stereocenters. The first kappa shape index (κ1) is 12.0. The zero-order chi connectivity index (χ0) is 12.1. The molecule has 0 saturated heterocycles. The second-order valence-corrected chi connectivity index (χ2v) is 4.92. The fourth-order valence-electron chi connectivity index (χ4n) is 1.50. The summed E-state index contributed by atoms with van der Waals surface area (Å²) in [6, 6.07) is 10.4. The Kier molecular flexibility index (Phi) is 4.06. The molecule has 0 fully saturated rings. The molecule has 17 heavy (non-hydrogen) atoms. The fourth-order valence-corrected chi connectivity index (χ4v) is 2.42. The number of aryl methyl sites for hydroxylation is 2. The summed E-state index contributed by atoms with van der Waals surface area (Å²) in [5.41, 5.74) is 7.78. The lowest BCUT2D eigenvalue weighted by Crippen LogP contribution is -2.18. The van der Waals surface area contributed by atoms with Gasteiger partial charge < -0.3 is 11.1 Å². The molecule has 1 aromatic carbocycles. The van der Waals surface area contributed by atoms with E-state index in [1.807, 2.05) is 11.4 Å². The average molecular weight is 263 g/mol. The number of nitrogens with zero attached hydrogens (tertiary/aromatic N) is 1. The third-order valence-electron chi connectivity index (χ3n) is 2.29. The van der Waals surface area contributed by atoms with Crippen LogP contribution in [0.15, 0.2) is 35.7 Å². The Hall–Kier alpha value is -1.46. The molecule has 0 bridgehead atoms. The highest BCUT2D eigenvalue weighted by Gasteiger charge is 2.02. The first-order valence-electron chi connectivity index (χ1n) is 5.29. The van der Waals surface area contributed by atoms with Gasteiger partial charge >= 0.3 is 0 Å². The van der Waals surface area contributed by atoms with E-state index in [2.05, 4.69) is 34.6 Å². The lowest BCUT2D eigenvalue weighted by atomic mass is 10.1. The predicted molar refractivity (Wildman–Crippen MR) is 76.4 cm³/mol. The van der Waals surface area contributed by atoms with Crippen molar-refractivity contribution in [3.05, 3.63) is 47.0 Å². The number of anilines is 1. The molecular weight excluding hydrogens is 250 g/mol. The van der Waals surface area contributed by atoms with E-state index < -0.39 is 0 Å². The van der Waals surface area contributed by atoms with Crippen LogP contribution < -0.4 is 11.1 Å². The zero-order valence-electron chi connectivity index (χ0n) is 9.22. The fraction of sp³-hybridized carbons (Fsp3) is 0.167. The molecule has 1 aromatic heterocycles. The minimum absolute atomic E-state index is 0.258. The van der Waals surface area contributed by atoms with E-state index in [4.69, 9.17) is 18.0 Å². The summed E-state index contributed by atoms with van der Waals surface area (Å²) in [5, 5.41) is 5.89. The van der Waals surface area contributed by atoms with Gasteiger partial charge in [-0.2, -0.15) is 0 Å². The smallest absolute Gasteiger partial charge is 0.189 e. The summed E-state index contributed by atoms with van der Waals surface area (Å²) in [7, 11) is 0. The largest absolute Gasteiger partial charge is 0.376 e. The van der Waals surface area contributed by atoms with Gasteiger partial charge in [-0.1, -0.05) is 30.3 Å². The second-order valence-electron chi connectivity index (χ2n) is 3.62. The Balaban J connectivity index is 1.91. The summed E-state index contributed by atoms with van der Waals surface area (Å²) >= 11 is 6.28. The molecule has 0 spiro atoms. The van der Waals surface area contributed by atoms with Crippen LogP contribution in [0.2, 0.25) is 0 Å². The highest BCUT2D eigenvalue weighted by Crippen LogP contribution is 2.16. The van der Waals surface area contributed by atoms with E-state index in [0.29, 0.717) is 0 Å². The van der Waals surface area contributed by atoms with Gasteiger partial charge in [0.1, 0.15) is 0 Å². The summed E-state index contributed by atoms with van der Waals surface area (Å²) in [5.74, 6) is 0. The molecule has 3 nitrogen and oxygen atoms in total. The van der Waals surface area contributed by atoms with Crippen molar-refractivity contribution in [3.8, 4) is 0 Å². The Bertz CT molecular complexity index is 493. The molecule has 0 radical (unpaired) electrons. The van der Waals surface area contributed by atoms with Gasteiger partial charge in [0, 0.05) is 5.38 Å². The maximum absolute atomic E-state index is 5.39. The van der Waals surface area contributed by atoms with E-state index in [9.17, 15) is 0 Å². The number of nitrogens with one attached hydrogen (secondary N) is 1. The molecule has 0 aliphatic heterocycles. The minimum Gasteiger partial charge on any atom is -0.376 e. The van der Waals surface area contributed by atoms with Gasteiger partial charge in [-0.25, -0.2) is 4.98 Å². The highest BCUT2D eigenvalue weighted by atomic mass is 32.1. The number of rotatable bonds is 4. The minimum atomic E-state index is 0.258. The topological polar surface area (TPSA) is 50.9 Å². The number of thiocarbonyl (C=S) groups is 1. The van der Waals surface area contributed by atoms with Gasteiger partial charge in [0.25, 0.3) is 0 Å². The molecule has 88 valence electrons. The summed E-state index contributed by atoms with van der Waals surface area (Å²) in [6.45, 7) is 0. The van der Waals surface area contributed by atoms with Crippen LogP contribution in [0.5, 0.6) is 0 Å². The first-order chi connectivity index (χ1) is 8.24.